The zero-order chi connectivity index (χ0) is 35.0. The average molecular weight is 678 g/mol. The number of allylic oxidation sites excluding steroid dienone is 6. The fourth-order valence-electron chi connectivity index (χ4n) is 5.88. The summed E-state index contributed by atoms with van der Waals surface area (Å²) in [4.78, 5) is 24.5. The minimum atomic E-state index is -2.11. The predicted molar refractivity (Wildman–Crippen MR) is 169 cm³/mol. The molecular formula is C34H47NO13. The molecule has 4 heterocycles. The van der Waals surface area contributed by atoms with Gasteiger partial charge in [-0.3, -0.25) is 4.79 Å². The van der Waals surface area contributed by atoms with Gasteiger partial charge in [-0.1, -0.05) is 48.6 Å². The highest BCUT2D eigenvalue weighted by Gasteiger charge is 2.51. The Labute approximate surface area is 279 Å². The summed E-state index contributed by atoms with van der Waals surface area (Å²) in [5.41, 5.74) is 5.87. The number of epoxide rings is 1. The Hall–Kier alpha value is -3.18. The van der Waals surface area contributed by atoms with Crippen LogP contribution in [0.15, 0.2) is 72.5 Å². The number of nitrogens with two attached hydrogens (primary N) is 1. The van der Waals surface area contributed by atoms with E-state index >= 15 is 0 Å². The second-order valence-electron chi connectivity index (χ2n) is 12.6. The summed E-state index contributed by atoms with van der Waals surface area (Å²) in [7, 11) is 0. The first-order chi connectivity index (χ1) is 22.7. The average Bonchev–Trinajstić information content (AvgIpc) is 3.74. The van der Waals surface area contributed by atoms with Gasteiger partial charge >= 0.3 is 11.9 Å². The first-order valence-corrected chi connectivity index (χ1v) is 16.1. The van der Waals surface area contributed by atoms with Crippen LogP contribution in [0.2, 0.25) is 0 Å². The highest BCUT2D eigenvalue weighted by atomic mass is 16.7. The van der Waals surface area contributed by atoms with Crippen LogP contribution in [0.5, 0.6) is 0 Å². The maximum atomic E-state index is 12.3. The van der Waals surface area contributed by atoms with Gasteiger partial charge < -0.3 is 60.1 Å². The summed E-state index contributed by atoms with van der Waals surface area (Å²) in [6.45, 7) is 3.33. The highest BCUT2D eigenvalue weighted by Crippen LogP contribution is 2.39. The van der Waals surface area contributed by atoms with Crippen LogP contribution in [-0.2, 0) is 33.3 Å². The normalized spacial score (nSPS) is 45.1. The molecule has 0 saturated carbocycles. The largest absolute Gasteiger partial charge is 0.481 e. The molecule has 0 aromatic heterocycles. The Morgan fingerprint density at radius 2 is 1.67 bits per heavy atom. The lowest BCUT2D eigenvalue weighted by atomic mass is 9.83. The number of hydrogen-bond donors (Lipinski definition) is 7. The molecule has 0 aliphatic carbocycles. The first-order valence-electron chi connectivity index (χ1n) is 16.1. The van der Waals surface area contributed by atoms with E-state index in [1.807, 2.05) is 6.08 Å². The lowest BCUT2D eigenvalue weighted by molar-refractivity contribution is -0.303. The number of carbonyl (C=O) groups excluding carboxylic acids is 1. The summed E-state index contributed by atoms with van der Waals surface area (Å²) < 4.78 is 28.6. The fourth-order valence-corrected chi connectivity index (χ4v) is 5.88. The van der Waals surface area contributed by atoms with Crippen LogP contribution in [-0.4, -0.2) is 116 Å². The number of aliphatic carboxylic acids is 1. The molecule has 4 aliphatic rings. The number of cyclic esters (lactones) is 1. The van der Waals surface area contributed by atoms with Gasteiger partial charge in [0, 0.05) is 43.9 Å². The van der Waals surface area contributed by atoms with Crippen molar-refractivity contribution in [2.75, 3.05) is 0 Å². The molecule has 14 heteroatoms. The number of carboxylic acid groups (broad SMARTS) is 1. The summed E-state index contributed by atoms with van der Waals surface area (Å²) in [6, 6.07) is 0. The molecule has 2 saturated heterocycles. The molecule has 48 heavy (non-hydrogen) atoms. The molecule has 8 N–H and O–H groups in total. The van der Waals surface area contributed by atoms with E-state index < -0.39 is 91.3 Å². The third-order valence-electron chi connectivity index (χ3n) is 8.47. The van der Waals surface area contributed by atoms with Gasteiger partial charge in [0.25, 0.3) is 0 Å². The third kappa shape index (κ3) is 10.9. The molecule has 0 spiro atoms. The Kier molecular flexibility index (Phi) is 13.3. The first kappa shape index (κ1) is 37.6. The van der Waals surface area contributed by atoms with Gasteiger partial charge in [0.2, 0.25) is 0 Å². The minimum absolute atomic E-state index is 0.0737. The van der Waals surface area contributed by atoms with Crippen molar-refractivity contribution in [1.29, 1.82) is 0 Å². The van der Waals surface area contributed by atoms with Gasteiger partial charge in [-0.25, -0.2) is 4.79 Å². The van der Waals surface area contributed by atoms with Crippen molar-refractivity contribution >= 4 is 11.9 Å². The highest BCUT2D eigenvalue weighted by molar-refractivity contribution is 5.82. The van der Waals surface area contributed by atoms with Gasteiger partial charge in [0.1, 0.15) is 30.3 Å². The Morgan fingerprint density at radius 3 is 2.40 bits per heavy atom. The molecule has 266 valence electrons. The van der Waals surface area contributed by atoms with Crippen LogP contribution < -0.4 is 5.73 Å². The number of fused-ring (bicyclic) bond motifs is 3. The SMILES string of the molecule is CC1C/C=C/C=C/C=C/C=C/C(OC2OC(C)C(O)C=C(N)C2O)CC2OC(O)(CC(O)CC3OC3/C=C/C(=O)O1)CC(O)[C@H]2C(=O)O. The van der Waals surface area contributed by atoms with Crippen LogP contribution in [0.25, 0.3) is 0 Å². The van der Waals surface area contributed by atoms with E-state index in [0.29, 0.717) is 6.42 Å². The van der Waals surface area contributed by atoms with Crippen molar-refractivity contribution in [2.24, 2.45) is 11.7 Å². The zero-order valence-corrected chi connectivity index (χ0v) is 26.9. The van der Waals surface area contributed by atoms with Crippen LogP contribution in [0.1, 0.15) is 46.0 Å². The second-order valence-corrected chi connectivity index (χ2v) is 12.6. The molecule has 4 aliphatic heterocycles. The summed E-state index contributed by atoms with van der Waals surface area (Å²) in [6.07, 6.45) is 6.21. The fraction of sp³-hybridized carbons (Fsp3) is 0.588. The summed E-state index contributed by atoms with van der Waals surface area (Å²) in [5, 5.41) is 64.2. The van der Waals surface area contributed by atoms with Crippen LogP contribution in [0, 0.1) is 5.92 Å². The molecule has 0 radical (unpaired) electrons. The van der Waals surface area contributed by atoms with Crippen molar-refractivity contribution < 1.29 is 63.9 Å². The van der Waals surface area contributed by atoms with Crippen molar-refractivity contribution in [3.05, 3.63) is 72.5 Å². The number of aliphatic hydroxyl groups is 5. The number of carbonyl (C=O) groups is 2. The maximum absolute atomic E-state index is 12.3. The Bertz CT molecular complexity index is 1290. The van der Waals surface area contributed by atoms with Crippen LogP contribution in [0.3, 0.4) is 0 Å². The van der Waals surface area contributed by atoms with E-state index in [1.165, 1.54) is 18.2 Å². The molecule has 0 aromatic rings. The van der Waals surface area contributed by atoms with Crippen LogP contribution >= 0.6 is 0 Å². The third-order valence-corrected chi connectivity index (χ3v) is 8.47. The molecule has 13 atom stereocenters. The lowest BCUT2D eigenvalue weighted by Crippen LogP contribution is -2.56. The molecule has 4 rings (SSSR count). The topological polar surface area (TPSA) is 231 Å². The van der Waals surface area contributed by atoms with Crippen molar-refractivity contribution in [3.63, 3.8) is 0 Å². The standard InChI is InChI=1S/C34H47NO13/c1-19-10-8-6-4-3-5-7-9-11-22(46-33-31(40)23(35)16-24(37)20(2)45-33)15-28-30(32(41)42)25(38)18-34(43,48-28)17-21(36)14-27-26(47-27)12-13-29(39)44-19/h3-9,11-13,16,19-22,24-28,30-31,33,36-38,40,43H,10,14-15,17-18,35H2,1-2H3,(H,41,42)/b4-3+,7-5+,8-6+,11-9+,13-12+/t19?,20?,21?,22?,24?,25?,26?,27?,28?,30-,31?,33?,34?/m1/s1. The zero-order valence-electron chi connectivity index (χ0n) is 26.9. The van der Waals surface area contributed by atoms with Gasteiger partial charge in [-0.2, -0.15) is 0 Å². The summed E-state index contributed by atoms with van der Waals surface area (Å²) >= 11 is 0. The number of rotatable bonds is 3. The number of esters is 1. The van der Waals surface area contributed by atoms with Crippen molar-refractivity contribution in [3.8, 4) is 0 Å². The molecule has 2 fully saturated rings. The van der Waals surface area contributed by atoms with E-state index in [-0.39, 0.29) is 31.1 Å². The summed E-state index contributed by atoms with van der Waals surface area (Å²) in [5.74, 6) is -5.48. The van der Waals surface area contributed by atoms with Crippen LogP contribution in [0.4, 0.5) is 0 Å². The number of hydrogen-bond acceptors (Lipinski definition) is 13. The molecule has 12 unspecified atom stereocenters. The number of ether oxygens (including phenoxy) is 5. The second kappa shape index (κ2) is 17.0. The molecule has 14 nitrogen and oxygen atoms in total. The smallest absolute Gasteiger partial charge is 0.330 e. The Morgan fingerprint density at radius 1 is 0.958 bits per heavy atom. The number of aliphatic hydroxyl groups excluding tert-OH is 4. The van der Waals surface area contributed by atoms with Crippen molar-refractivity contribution in [1.82, 2.24) is 0 Å². The van der Waals surface area contributed by atoms with E-state index in [4.69, 9.17) is 29.4 Å². The minimum Gasteiger partial charge on any atom is -0.481 e. The van der Waals surface area contributed by atoms with Gasteiger partial charge in [0.15, 0.2) is 12.1 Å². The van der Waals surface area contributed by atoms with E-state index in [1.54, 1.807) is 56.4 Å². The Balaban J connectivity index is 1.60. The van der Waals surface area contributed by atoms with E-state index in [0.717, 1.165) is 0 Å². The van der Waals surface area contributed by atoms with Crippen molar-refractivity contribution in [2.45, 2.75) is 119 Å². The maximum Gasteiger partial charge on any atom is 0.330 e. The van der Waals surface area contributed by atoms with E-state index in [9.17, 15) is 40.2 Å². The molecule has 0 aromatic carbocycles. The lowest BCUT2D eigenvalue weighted by Gasteiger charge is -2.44. The molecule has 0 amide bonds. The van der Waals surface area contributed by atoms with Gasteiger partial charge in [0.05, 0.1) is 36.6 Å². The predicted octanol–water partition coefficient (Wildman–Crippen LogP) is 0.635. The van der Waals surface area contributed by atoms with Gasteiger partial charge in [-0.15, -0.1) is 0 Å². The monoisotopic (exact) mass is 677 g/mol. The van der Waals surface area contributed by atoms with Gasteiger partial charge in [-0.05, 0) is 26.0 Å². The number of carboxylic acids is 1. The van der Waals surface area contributed by atoms with E-state index in [2.05, 4.69) is 0 Å². The molecular weight excluding hydrogens is 630 g/mol. The quantitative estimate of drug-likeness (QED) is 0.161. The molecule has 2 bridgehead atoms.